The molecule has 2 aliphatic rings. The molecule has 2 heterocycles. The smallest absolute Gasteiger partial charge is 0.410 e. The van der Waals surface area contributed by atoms with E-state index in [9.17, 15) is 4.79 Å². The SMILES string of the molecule is CC(C)(C)OC(=O)N1CCN([C@@H]2c3ccc(Cl)cc3C=C(Br)c3cc(Cl)cnc32)CC1. The fourth-order valence-corrected chi connectivity index (χ4v) is 4.90. The number of hydrogen-bond acceptors (Lipinski definition) is 4. The highest BCUT2D eigenvalue weighted by Gasteiger charge is 2.34. The zero-order valence-corrected chi connectivity index (χ0v) is 20.8. The first-order valence-corrected chi connectivity index (χ1v) is 11.7. The highest BCUT2D eigenvalue weighted by Crippen LogP contribution is 2.42. The van der Waals surface area contributed by atoms with Crippen molar-refractivity contribution in [2.75, 3.05) is 26.2 Å². The molecule has 1 aromatic carbocycles. The average Bonchev–Trinajstić information content (AvgIpc) is 2.80. The Hall–Kier alpha value is -1.60. The maximum Gasteiger partial charge on any atom is 0.410 e. The van der Waals surface area contributed by atoms with Gasteiger partial charge in [-0.1, -0.05) is 45.2 Å². The molecule has 1 saturated heterocycles. The molecule has 4 rings (SSSR count). The molecule has 0 radical (unpaired) electrons. The lowest BCUT2D eigenvalue weighted by Crippen LogP contribution is -2.51. The van der Waals surface area contributed by atoms with Crippen molar-refractivity contribution in [1.82, 2.24) is 14.8 Å². The summed E-state index contributed by atoms with van der Waals surface area (Å²) in [6.07, 6.45) is 3.48. The molecule has 0 spiro atoms. The lowest BCUT2D eigenvalue weighted by Gasteiger charge is -2.40. The lowest BCUT2D eigenvalue weighted by atomic mass is 9.96. The van der Waals surface area contributed by atoms with Crippen molar-refractivity contribution >= 4 is 55.8 Å². The summed E-state index contributed by atoms with van der Waals surface area (Å²) in [7, 11) is 0. The van der Waals surface area contributed by atoms with Gasteiger partial charge in [0.1, 0.15) is 5.60 Å². The number of ether oxygens (including phenoxy) is 1. The topological polar surface area (TPSA) is 45.7 Å². The van der Waals surface area contributed by atoms with Crippen molar-refractivity contribution in [3.63, 3.8) is 0 Å². The number of carbonyl (C=O) groups excluding carboxylic acids is 1. The molecular weight excluding hydrogens is 501 g/mol. The minimum Gasteiger partial charge on any atom is -0.444 e. The Morgan fingerprint density at radius 1 is 1.13 bits per heavy atom. The quantitative estimate of drug-likeness (QED) is 0.443. The van der Waals surface area contributed by atoms with Gasteiger partial charge in [-0.15, -0.1) is 0 Å². The number of fused-ring (bicyclic) bond motifs is 2. The van der Waals surface area contributed by atoms with E-state index >= 15 is 0 Å². The molecule has 5 nitrogen and oxygen atoms in total. The van der Waals surface area contributed by atoms with Crippen LogP contribution in [0, 0.1) is 0 Å². The number of pyridine rings is 1. The fourth-order valence-electron chi connectivity index (χ4n) is 4.00. The first-order valence-electron chi connectivity index (χ1n) is 10.2. The summed E-state index contributed by atoms with van der Waals surface area (Å²) in [6.45, 7) is 8.23. The standard InChI is InChI=1S/C23H24BrCl2N3O2/c1-23(2,3)31-22(30)29-8-6-28(7-9-29)21-17-5-4-15(25)10-14(17)11-19(24)18-12-16(26)13-27-20(18)21/h4-5,10-13,21H,6-9H2,1-3H3/t21-/m1/s1. The van der Waals surface area contributed by atoms with Crippen molar-refractivity contribution in [3.8, 4) is 0 Å². The lowest BCUT2D eigenvalue weighted by molar-refractivity contribution is 0.0118. The Morgan fingerprint density at radius 2 is 1.84 bits per heavy atom. The van der Waals surface area contributed by atoms with Gasteiger partial charge in [-0.25, -0.2) is 4.79 Å². The van der Waals surface area contributed by atoms with Crippen LogP contribution in [-0.2, 0) is 4.74 Å². The van der Waals surface area contributed by atoms with Gasteiger partial charge in [-0.3, -0.25) is 9.88 Å². The van der Waals surface area contributed by atoms with E-state index in [1.54, 1.807) is 11.1 Å². The summed E-state index contributed by atoms with van der Waals surface area (Å²) in [5.41, 5.74) is 3.54. The number of amides is 1. The molecule has 2 aromatic rings. The zero-order valence-electron chi connectivity index (χ0n) is 17.7. The van der Waals surface area contributed by atoms with E-state index in [1.165, 1.54) is 0 Å². The van der Waals surface area contributed by atoms with Gasteiger partial charge in [-0.2, -0.15) is 0 Å². The molecule has 31 heavy (non-hydrogen) atoms. The van der Waals surface area contributed by atoms with Crippen molar-refractivity contribution in [1.29, 1.82) is 0 Å². The summed E-state index contributed by atoms with van der Waals surface area (Å²) in [5.74, 6) is 0. The molecule has 1 aliphatic carbocycles. The van der Waals surface area contributed by atoms with Crippen LogP contribution in [0.15, 0.2) is 30.5 Å². The van der Waals surface area contributed by atoms with Gasteiger partial charge < -0.3 is 9.64 Å². The summed E-state index contributed by atoms with van der Waals surface area (Å²) in [4.78, 5) is 21.3. The Morgan fingerprint density at radius 3 is 2.52 bits per heavy atom. The minimum absolute atomic E-state index is 0.0772. The van der Waals surface area contributed by atoms with Crippen LogP contribution in [0.25, 0.3) is 10.6 Å². The molecule has 8 heteroatoms. The van der Waals surface area contributed by atoms with Crippen LogP contribution in [0.2, 0.25) is 10.0 Å². The second-order valence-electron chi connectivity index (χ2n) is 8.76. The minimum atomic E-state index is -0.506. The summed E-state index contributed by atoms with van der Waals surface area (Å²) in [5, 5.41) is 1.27. The van der Waals surface area contributed by atoms with Crippen LogP contribution in [0.5, 0.6) is 0 Å². The van der Waals surface area contributed by atoms with E-state index in [4.69, 9.17) is 32.9 Å². The molecule has 1 fully saturated rings. The van der Waals surface area contributed by atoms with Gasteiger partial charge in [0.2, 0.25) is 0 Å². The second kappa shape index (κ2) is 8.74. The number of rotatable bonds is 1. The molecule has 1 atom stereocenters. The fraction of sp³-hybridized carbons (Fsp3) is 0.391. The maximum atomic E-state index is 12.5. The summed E-state index contributed by atoms with van der Waals surface area (Å²) in [6, 6.07) is 7.79. The van der Waals surface area contributed by atoms with E-state index in [1.807, 2.05) is 39.0 Å². The van der Waals surface area contributed by atoms with E-state index in [0.717, 1.165) is 26.9 Å². The first kappa shape index (κ1) is 22.6. The van der Waals surface area contributed by atoms with Gasteiger partial charge in [0, 0.05) is 47.4 Å². The summed E-state index contributed by atoms with van der Waals surface area (Å²) >= 11 is 16.3. The first-order chi connectivity index (χ1) is 14.6. The Balaban J connectivity index is 1.67. The van der Waals surface area contributed by atoms with Gasteiger partial charge >= 0.3 is 6.09 Å². The van der Waals surface area contributed by atoms with Crippen LogP contribution >= 0.6 is 39.1 Å². The highest BCUT2D eigenvalue weighted by atomic mass is 79.9. The van der Waals surface area contributed by atoms with Crippen LogP contribution in [0.4, 0.5) is 4.79 Å². The van der Waals surface area contributed by atoms with Crippen LogP contribution < -0.4 is 0 Å². The van der Waals surface area contributed by atoms with Gasteiger partial charge in [0.25, 0.3) is 0 Å². The van der Waals surface area contributed by atoms with E-state index in [-0.39, 0.29) is 12.1 Å². The number of benzene rings is 1. The molecule has 0 saturated carbocycles. The number of hydrogen-bond donors (Lipinski definition) is 0. The molecular formula is C23H24BrCl2N3O2. The van der Waals surface area contributed by atoms with Crippen molar-refractivity contribution in [2.24, 2.45) is 0 Å². The van der Waals surface area contributed by atoms with Crippen molar-refractivity contribution < 1.29 is 9.53 Å². The Kier molecular flexibility index (Phi) is 6.37. The van der Waals surface area contributed by atoms with Crippen LogP contribution in [-0.4, -0.2) is 52.7 Å². The largest absolute Gasteiger partial charge is 0.444 e. The normalized spacial score (nSPS) is 19.2. The number of piperazine rings is 1. The van der Waals surface area contributed by atoms with E-state index in [0.29, 0.717) is 36.2 Å². The van der Waals surface area contributed by atoms with Gasteiger partial charge in [0.05, 0.1) is 16.8 Å². The van der Waals surface area contributed by atoms with Gasteiger partial charge in [-0.05, 0) is 56.2 Å². The van der Waals surface area contributed by atoms with Gasteiger partial charge in [0.15, 0.2) is 0 Å². The van der Waals surface area contributed by atoms with Crippen molar-refractivity contribution in [3.05, 3.63) is 62.9 Å². The Labute approximate surface area is 201 Å². The summed E-state index contributed by atoms with van der Waals surface area (Å²) < 4.78 is 6.46. The highest BCUT2D eigenvalue weighted by molar-refractivity contribution is 9.15. The van der Waals surface area contributed by atoms with E-state index in [2.05, 4.69) is 33.0 Å². The molecule has 1 amide bonds. The maximum absolute atomic E-state index is 12.5. The Bertz CT molecular complexity index is 1040. The monoisotopic (exact) mass is 523 g/mol. The zero-order chi connectivity index (χ0) is 22.3. The third kappa shape index (κ3) is 4.92. The predicted molar refractivity (Wildman–Crippen MR) is 129 cm³/mol. The third-order valence-corrected chi connectivity index (χ3v) is 6.46. The third-order valence-electron chi connectivity index (χ3n) is 5.36. The van der Waals surface area contributed by atoms with Crippen LogP contribution in [0.3, 0.4) is 0 Å². The second-order valence-corrected chi connectivity index (χ2v) is 10.5. The number of aromatic nitrogens is 1. The molecule has 1 aromatic heterocycles. The molecule has 164 valence electrons. The molecule has 0 bridgehead atoms. The van der Waals surface area contributed by atoms with Crippen molar-refractivity contribution in [2.45, 2.75) is 32.4 Å². The number of carbonyl (C=O) groups is 1. The predicted octanol–water partition coefficient (Wildman–Crippen LogP) is 6.24. The molecule has 0 N–H and O–H groups in total. The molecule has 0 unspecified atom stereocenters. The molecule has 1 aliphatic heterocycles. The van der Waals surface area contributed by atoms with Crippen LogP contribution in [0.1, 0.15) is 49.2 Å². The van der Waals surface area contributed by atoms with E-state index < -0.39 is 5.60 Å². The number of nitrogens with zero attached hydrogens (tertiary/aromatic N) is 3. The number of halogens is 3. The average molecular weight is 525 g/mol.